The van der Waals surface area contributed by atoms with Crippen molar-refractivity contribution >= 4 is 23.5 Å². The molecule has 0 atom stereocenters. The highest BCUT2D eigenvalue weighted by Crippen LogP contribution is 2.31. The van der Waals surface area contributed by atoms with E-state index in [9.17, 15) is 4.79 Å². The molecule has 0 aliphatic heterocycles. The highest BCUT2D eigenvalue weighted by atomic mass is 32.2. The highest BCUT2D eigenvalue weighted by molar-refractivity contribution is 7.99. The molecule has 1 amide bonds. The zero-order valence-corrected chi connectivity index (χ0v) is 15.8. The number of nitrogens with zero attached hydrogens (tertiary/aromatic N) is 5. The van der Waals surface area contributed by atoms with Crippen LogP contribution in [0.2, 0.25) is 0 Å². The predicted molar refractivity (Wildman–Crippen MR) is 102 cm³/mol. The number of hydrogen-bond acceptors (Lipinski definition) is 7. The van der Waals surface area contributed by atoms with E-state index in [1.54, 1.807) is 18.5 Å². The molecule has 4 rings (SSSR count). The van der Waals surface area contributed by atoms with Gasteiger partial charge in [0.1, 0.15) is 11.6 Å². The number of aryl methyl sites for hydroxylation is 1. The predicted octanol–water partition coefficient (Wildman–Crippen LogP) is 2.60. The van der Waals surface area contributed by atoms with Crippen LogP contribution in [0.3, 0.4) is 0 Å². The van der Waals surface area contributed by atoms with Gasteiger partial charge in [-0.15, -0.1) is 10.2 Å². The van der Waals surface area contributed by atoms with E-state index in [4.69, 9.17) is 10.3 Å². The number of thioether (sulfide) groups is 1. The summed E-state index contributed by atoms with van der Waals surface area (Å²) in [6.07, 6.45) is 7.92. The van der Waals surface area contributed by atoms with Gasteiger partial charge in [-0.05, 0) is 25.8 Å². The van der Waals surface area contributed by atoms with Gasteiger partial charge < -0.3 is 15.6 Å². The minimum Gasteiger partial charge on any atom is -0.469 e. The lowest BCUT2D eigenvalue weighted by atomic mass is 10.2. The van der Waals surface area contributed by atoms with Crippen LogP contribution in [0.25, 0.3) is 11.4 Å². The Hall–Kier alpha value is -2.75. The topological polar surface area (TPSA) is 117 Å². The minimum atomic E-state index is -0.135. The molecule has 142 valence electrons. The van der Waals surface area contributed by atoms with E-state index in [2.05, 4.69) is 20.6 Å². The van der Waals surface area contributed by atoms with Crippen molar-refractivity contribution in [2.45, 2.75) is 43.8 Å². The molecule has 9 nitrogen and oxygen atoms in total. The number of carbonyl (C=O) groups is 1. The van der Waals surface area contributed by atoms with E-state index < -0.39 is 0 Å². The highest BCUT2D eigenvalue weighted by Gasteiger charge is 2.21. The van der Waals surface area contributed by atoms with Gasteiger partial charge in [-0.2, -0.15) is 5.10 Å². The molecule has 0 unspecified atom stereocenters. The molecule has 0 spiro atoms. The fourth-order valence-corrected chi connectivity index (χ4v) is 3.99. The first-order valence-corrected chi connectivity index (χ1v) is 9.83. The van der Waals surface area contributed by atoms with Crippen LogP contribution in [0.5, 0.6) is 0 Å². The third kappa shape index (κ3) is 3.57. The maximum atomic E-state index is 12.4. The number of carbonyl (C=O) groups excluding carboxylic acids is 1. The van der Waals surface area contributed by atoms with Gasteiger partial charge in [0.15, 0.2) is 5.82 Å². The summed E-state index contributed by atoms with van der Waals surface area (Å²) in [5.74, 6) is 8.06. The smallest absolute Gasteiger partial charge is 0.235 e. The number of furan rings is 1. The molecule has 3 N–H and O–H groups in total. The Morgan fingerprint density at radius 1 is 1.37 bits per heavy atom. The summed E-state index contributed by atoms with van der Waals surface area (Å²) in [6.45, 7) is 1.83. The monoisotopic (exact) mass is 387 g/mol. The third-order valence-corrected chi connectivity index (χ3v) is 5.65. The largest absolute Gasteiger partial charge is 0.469 e. The van der Waals surface area contributed by atoms with E-state index in [1.807, 2.05) is 17.7 Å². The summed E-state index contributed by atoms with van der Waals surface area (Å²) in [7, 11) is 0. The number of anilines is 1. The third-order valence-electron chi connectivity index (χ3n) is 4.70. The fourth-order valence-electron chi connectivity index (χ4n) is 3.34. The summed E-state index contributed by atoms with van der Waals surface area (Å²) in [4.78, 5) is 12.4. The fraction of sp³-hybridized carbons (Fsp3) is 0.412. The summed E-state index contributed by atoms with van der Waals surface area (Å²) < 4.78 is 8.57. The molecule has 0 radical (unpaired) electrons. The number of amides is 1. The average molecular weight is 387 g/mol. The molecule has 0 bridgehead atoms. The van der Waals surface area contributed by atoms with Crippen LogP contribution in [0.4, 0.5) is 5.82 Å². The van der Waals surface area contributed by atoms with E-state index in [1.165, 1.54) is 29.3 Å². The lowest BCUT2D eigenvalue weighted by molar-refractivity contribution is -0.113. The first kappa shape index (κ1) is 17.7. The van der Waals surface area contributed by atoms with Gasteiger partial charge in [0.05, 0.1) is 29.8 Å². The molecule has 27 heavy (non-hydrogen) atoms. The normalized spacial score (nSPS) is 14.7. The Morgan fingerprint density at radius 3 is 2.93 bits per heavy atom. The Bertz CT molecular complexity index is 939. The Kier molecular flexibility index (Phi) is 4.88. The van der Waals surface area contributed by atoms with Crippen LogP contribution in [-0.4, -0.2) is 36.3 Å². The molecule has 10 heteroatoms. The summed E-state index contributed by atoms with van der Waals surface area (Å²) in [6, 6.07) is 3.98. The molecule has 1 aliphatic rings. The summed E-state index contributed by atoms with van der Waals surface area (Å²) in [5.41, 5.74) is 0.779. The van der Waals surface area contributed by atoms with Gasteiger partial charge in [-0.3, -0.25) is 4.79 Å². The van der Waals surface area contributed by atoms with E-state index in [-0.39, 0.29) is 11.7 Å². The quantitative estimate of drug-likeness (QED) is 0.493. The van der Waals surface area contributed by atoms with Crippen molar-refractivity contribution in [3.8, 4) is 11.4 Å². The van der Waals surface area contributed by atoms with Crippen molar-refractivity contribution < 1.29 is 9.21 Å². The molecule has 3 aromatic heterocycles. The second-order valence-electron chi connectivity index (χ2n) is 6.50. The number of nitrogens with two attached hydrogens (primary N) is 1. The second kappa shape index (κ2) is 7.47. The molecule has 3 aromatic rings. The van der Waals surface area contributed by atoms with Gasteiger partial charge in [-0.1, -0.05) is 24.6 Å². The maximum absolute atomic E-state index is 12.4. The van der Waals surface area contributed by atoms with E-state index >= 15 is 0 Å². The van der Waals surface area contributed by atoms with Crippen molar-refractivity contribution in [2.75, 3.05) is 16.9 Å². The zero-order valence-electron chi connectivity index (χ0n) is 15.0. The first-order valence-electron chi connectivity index (χ1n) is 8.84. The molecule has 1 fully saturated rings. The van der Waals surface area contributed by atoms with Crippen molar-refractivity contribution in [2.24, 2.45) is 0 Å². The van der Waals surface area contributed by atoms with Gasteiger partial charge in [0.2, 0.25) is 11.1 Å². The standard InChI is InChI=1S/C17H21N7O2S/c1-11-13(7-9-26-11)16-21-22-17(23(16)18)27-10-15(25)20-14-6-8-19-24(14)12-4-2-3-5-12/h6-9,12H,2-5,10,18H2,1H3,(H,20,25). The van der Waals surface area contributed by atoms with Crippen LogP contribution in [0, 0.1) is 6.92 Å². The second-order valence-corrected chi connectivity index (χ2v) is 7.45. The van der Waals surface area contributed by atoms with Gasteiger partial charge in [0, 0.05) is 6.07 Å². The number of aromatic nitrogens is 5. The van der Waals surface area contributed by atoms with E-state index in [0.29, 0.717) is 22.8 Å². The molecular formula is C17H21N7O2S. The average Bonchev–Trinajstić information content (AvgIpc) is 3.41. The van der Waals surface area contributed by atoms with Gasteiger partial charge in [0.25, 0.3) is 0 Å². The lowest BCUT2D eigenvalue weighted by Crippen LogP contribution is -2.20. The Labute approximate surface area is 160 Å². The van der Waals surface area contributed by atoms with Crippen LogP contribution in [0.15, 0.2) is 34.2 Å². The number of hydrogen-bond donors (Lipinski definition) is 2. The van der Waals surface area contributed by atoms with Crippen molar-refractivity contribution in [3.05, 3.63) is 30.4 Å². The molecule has 3 heterocycles. The number of nitrogen functional groups attached to an aromatic ring is 1. The van der Waals surface area contributed by atoms with Crippen molar-refractivity contribution in [1.29, 1.82) is 0 Å². The molecular weight excluding hydrogens is 366 g/mol. The van der Waals surface area contributed by atoms with Crippen molar-refractivity contribution in [3.63, 3.8) is 0 Å². The molecule has 0 saturated heterocycles. The first-order chi connectivity index (χ1) is 13.1. The minimum absolute atomic E-state index is 0.135. The number of rotatable bonds is 6. The molecule has 0 aromatic carbocycles. The van der Waals surface area contributed by atoms with Crippen LogP contribution < -0.4 is 11.2 Å². The molecule has 1 saturated carbocycles. The summed E-state index contributed by atoms with van der Waals surface area (Å²) in [5, 5.41) is 15.9. The lowest BCUT2D eigenvalue weighted by Gasteiger charge is -2.14. The van der Waals surface area contributed by atoms with Crippen LogP contribution in [0.1, 0.15) is 37.5 Å². The number of nitrogens with one attached hydrogen (secondary N) is 1. The van der Waals surface area contributed by atoms with Gasteiger partial charge >= 0.3 is 0 Å². The Balaban J connectivity index is 1.38. The van der Waals surface area contributed by atoms with Crippen molar-refractivity contribution in [1.82, 2.24) is 24.7 Å². The van der Waals surface area contributed by atoms with E-state index in [0.717, 1.165) is 24.2 Å². The zero-order chi connectivity index (χ0) is 18.8. The molecule has 1 aliphatic carbocycles. The SMILES string of the molecule is Cc1occc1-c1nnc(SCC(=O)Nc2ccnn2C2CCCC2)n1N. The maximum Gasteiger partial charge on any atom is 0.235 e. The van der Waals surface area contributed by atoms with Gasteiger partial charge in [-0.25, -0.2) is 9.36 Å². The summed E-state index contributed by atoms with van der Waals surface area (Å²) >= 11 is 1.23. The van der Waals surface area contributed by atoms with Crippen LogP contribution in [-0.2, 0) is 4.79 Å². The Morgan fingerprint density at radius 2 is 2.19 bits per heavy atom. The van der Waals surface area contributed by atoms with Crippen LogP contribution >= 0.6 is 11.8 Å².